The third-order valence-corrected chi connectivity index (χ3v) is 3.98. The SMILES string of the molecule is OC(CN1CCC(n2cncn2)CC1)c1ccccc1. The second kappa shape index (κ2) is 6.15. The van der Waals surface area contributed by atoms with Gasteiger partial charge in [-0.3, -0.25) is 0 Å². The van der Waals surface area contributed by atoms with E-state index in [-0.39, 0.29) is 0 Å². The van der Waals surface area contributed by atoms with E-state index in [1.165, 1.54) is 0 Å². The van der Waals surface area contributed by atoms with Crippen molar-refractivity contribution in [1.29, 1.82) is 0 Å². The molecule has 2 aromatic rings. The highest BCUT2D eigenvalue weighted by atomic mass is 16.3. The van der Waals surface area contributed by atoms with Gasteiger partial charge in [-0.2, -0.15) is 5.10 Å². The van der Waals surface area contributed by atoms with Crippen LogP contribution in [0.25, 0.3) is 0 Å². The van der Waals surface area contributed by atoms with Crippen LogP contribution in [0, 0.1) is 0 Å². The molecule has 0 saturated carbocycles. The first-order chi connectivity index (χ1) is 9.83. The third kappa shape index (κ3) is 3.05. The van der Waals surface area contributed by atoms with Crippen molar-refractivity contribution in [3.63, 3.8) is 0 Å². The lowest BCUT2D eigenvalue weighted by atomic mass is 10.0. The molecule has 3 rings (SSSR count). The summed E-state index contributed by atoms with van der Waals surface area (Å²) < 4.78 is 1.95. The van der Waals surface area contributed by atoms with Crippen molar-refractivity contribution < 1.29 is 5.11 Å². The minimum absolute atomic E-state index is 0.404. The molecule has 1 saturated heterocycles. The predicted octanol–water partition coefficient (Wildman–Crippen LogP) is 1.65. The predicted molar refractivity (Wildman–Crippen MR) is 76.1 cm³/mol. The molecule has 1 aliphatic heterocycles. The molecule has 1 unspecified atom stereocenters. The van der Waals surface area contributed by atoms with Gasteiger partial charge in [-0.05, 0) is 18.4 Å². The Kier molecular flexibility index (Phi) is 4.08. The number of nitrogens with zero attached hydrogens (tertiary/aromatic N) is 4. The van der Waals surface area contributed by atoms with Crippen molar-refractivity contribution >= 4 is 0 Å². The maximum absolute atomic E-state index is 10.3. The Labute approximate surface area is 118 Å². The van der Waals surface area contributed by atoms with E-state index in [2.05, 4.69) is 15.0 Å². The Morgan fingerprint density at radius 2 is 1.95 bits per heavy atom. The largest absolute Gasteiger partial charge is 0.387 e. The van der Waals surface area contributed by atoms with Gasteiger partial charge in [-0.1, -0.05) is 30.3 Å². The van der Waals surface area contributed by atoms with Crippen molar-refractivity contribution in [2.75, 3.05) is 19.6 Å². The summed E-state index contributed by atoms with van der Waals surface area (Å²) in [5, 5.41) is 14.5. The lowest BCUT2D eigenvalue weighted by molar-refractivity contribution is 0.0889. The van der Waals surface area contributed by atoms with E-state index in [0.29, 0.717) is 12.6 Å². The summed E-state index contributed by atoms with van der Waals surface area (Å²) in [6.07, 6.45) is 5.10. The van der Waals surface area contributed by atoms with Gasteiger partial charge in [0.05, 0.1) is 12.1 Å². The van der Waals surface area contributed by atoms with Crippen LogP contribution in [0.2, 0.25) is 0 Å². The van der Waals surface area contributed by atoms with Gasteiger partial charge in [0.1, 0.15) is 12.7 Å². The average molecular weight is 272 g/mol. The zero-order chi connectivity index (χ0) is 13.8. The molecule has 5 nitrogen and oxygen atoms in total. The number of benzene rings is 1. The number of aromatic nitrogens is 3. The molecule has 1 fully saturated rings. The molecule has 0 spiro atoms. The molecule has 0 bridgehead atoms. The van der Waals surface area contributed by atoms with Crippen LogP contribution >= 0.6 is 0 Å². The van der Waals surface area contributed by atoms with Gasteiger partial charge < -0.3 is 10.0 Å². The smallest absolute Gasteiger partial charge is 0.137 e. The first-order valence-corrected chi connectivity index (χ1v) is 7.12. The van der Waals surface area contributed by atoms with Crippen LogP contribution in [-0.4, -0.2) is 44.4 Å². The van der Waals surface area contributed by atoms with Crippen molar-refractivity contribution in [1.82, 2.24) is 19.7 Å². The fourth-order valence-electron chi connectivity index (χ4n) is 2.80. The Balaban J connectivity index is 1.51. The second-order valence-electron chi connectivity index (χ2n) is 5.33. The molecule has 20 heavy (non-hydrogen) atoms. The minimum Gasteiger partial charge on any atom is -0.387 e. The Hall–Kier alpha value is -1.72. The number of likely N-dealkylation sites (tertiary alicyclic amines) is 1. The second-order valence-corrected chi connectivity index (χ2v) is 5.33. The lowest BCUT2D eigenvalue weighted by Gasteiger charge is -2.33. The molecule has 0 aliphatic carbocycles. The molecular formula is C15H20N4O. The van der Waals surface area contributed by atoms with Gasteiger partial charge in [0.15, 0.2) is 0 Å². The number of piperidine rings is 1. The highest BCUT2D eigenvalue weighted by Crippen LogP contribution is 2.23. The molecular weight excluding hydrogens is 252 g/mol. The van der Waals surface area contributed by atoms with Gasteiger partial charge in [0.25, 0.3) is 0 Å². The van der Waals surface area contributed by atoms with Gasteiger partial charge in [-0.25, -0.2) is 9.67 Å². The average Bonchev–Trinajstić information content (AvgIpc) is 3.03. The summed E-state index contributed by atoms with van der Waals surface area (Å²) in [5.41, 5.74) is 0.992. The zero-order valence-electron chi connectivity index (χ0n) is 11.5. The number of aliphatic hydroxyl groups excluding tert-OH is 1. The van der Waals surface area contributed by atoms with E-state index in [0.717, 1.165) is 31.5 Å². The van der Waals surface area contributed by atoms with Gasteiger partial charge in [0, 0.05) is 19.6 Å². The molecule has 0 radical (unpaired) electrons. The fourth-order valence-corrected chi connectivity index (χ4v) is 2.80. The van der Waals surface area contributed by atoms with Crippen molar-refractivity contribution in [2.24, 2.45) is 0 Å². The summed E-state index contributed by atoms with van der Waals surface area (Å²) >= 11 is 0. The van der Waals surface area contributed by atoms with Crippen molar-refractivity contribution in [2.45, 2.75) is 25.0 Å². The van der Waals surface area contributed by atoms with Crippen LogP contribution in [0.5, 0.6) is 0 Å². The monoisotopic (exact) mass is 272 g/mol. The molecule has 0 amide bonds. The highest BCUT2D eigenvalue weighted by Gasteiger charge is 2.22. The van der Waals surface area contributed by atoms with E-state index in [1.54, 1.807) is 12.7 Å². The molecule has 1 atom stereocenters. The number of hydrogen-bond acceptors (Lipinski definition) is 4. The molecule has 106 valence electrons. The summed E-state index contributed by atoms with van der Waals surface area (Å²) in [4.78, 5) is 6.33. The Morgan fingerprint density at radius 1 is 1.20 bits per heavy atom. The highest BCUT2D eigenvalue weighted by molar-refractivity contribution is 5.17. The molecule has 2 heterocycles. The van der Waals surface area contributed by atoms with E-state index in [9.17, 15) is 5.11 Å². The quantitative estimate of drug-likeness (QED) is 0.919. The normalized spacial score (nSPS) is 19.1. The van der Waals surface area contributed by atoms with Gasteiger partial charge >= 0.3 is 0 Å². The third-order valence-electron chi connectivity index (χ3n) is 3.98. The van der Waals surface area contributed by atoms with Crippen LogP contribution in [-0.2, 0) is 0 Å². The van der Waals surface area contributed by atoms with Crippen LogP contribution < -0.4 is 0 Å². The zero-order valence-corrected chi connectivity index (χ0v) is 11.5. The first-order valence-electron chi connectivity index (χ1n) is 7.12. The minimum atomic E-state index is -0.404. The van der Waals surface area contributed by atoms with E-state index in [4.69, 9.17) is 0 Å². The molecule has 1 aromatic carbocycles. The number of aliphatic hydroxyl groups is 1. The number of β-amino-alcohol motifs (C(OH)–C–C–N with tert-alkyl or cyclic N) is 1. The van der Waals surface area contributed by atoms with Crippen molar-refractivity contribution in [3.05, 3.63) is 48.5 Å². The number of rotatable bonds is 4. The lowest BCUT2D eigenvalue weighted by Crippen LogP contribution is -2.37. The van der Waals surface area contributed by atoms with Crippen LogP contribution in [0.4, 0.5) is 0 Å². The molecule has 1 N–H and O–H groups in total. The summed E-state index contributed by atoms with van der Waals surface area (Å²) in [7, 11) is 0. The summed E-state index contributed by atoms with van der Waals surface area (Å²) in [6, 6.07) is 10.3. The van der Waals surface area contributed by atoms with Crippen LogP contribution in [0.3, 0.4) is 0 Å². The molecule has 1 aromatic heterocycles. The van der Waals surface area contributed by atoms with Crippen LogP contribution in [0.15, 0.2) is 43.0 Å². The van der Waals surface area contributed by atoms with Crippen LogP contribution in [0.1, 0.15) is 30.6 Å². The van der Waals surface area contributed by atoms with Gasteiger partial charge in [-0.15, -0.1) is 0 Å². The van der Waals surface area contributed by atoms with E-state index < -0.39 is 6.10 Å². The maximum Gasteiger partial charge on any atom is 0.137 e. The molecule has 1 aliphatic rings. The van der Waals surface area contributed by atoms with Gasteiger partial charge in [0.2, 0.25) is 0 Å². The summed E-state index contributed by atoms with van der Waals surface area (Å²) in [6.45, 7) is 2.69. The van der Waals surface area contributed by atoms with E-state index in [1.807, 2.05) is 35.0 Å². The first kappa shape index (κ1) is 13.3. The summed E-state index contributed by atoms with van der Waals surface area (Å²) in [5.74, 6) is 0. The number of hydrogen-bond donors (Lipinski definition) is 1. The Morgan fingerprint density at radius 3 is 2.60 bits per heavy atom. The fraction of sp³-hybridized carbons (Fsp3) is 0.467. The van der Waals surface area contributed by atoms with Crippen molar-refractivity contribution in [3.8, 4) is 0 Å². The topological polar surface area (TPSA) is 54.2 Å². The molecule has 5 heteroatoms. The van der Waals surface area contributed by atoms with E-state index >= 15 is 0 Å². The Bertz CT molecular complexity index is 506. The standard InChI is InChI=1S/C15H20N4O/c20-15(13-4-2-1-3-5-13)10-18-8-6-14(7-9-18)19-12-16-11-17-19/h1-5,11-12,14-15,20H,6-10H2. The maximum atomic E-state index is 10.3.